The number of hydrogen-bond acceptors (Lipinski definition) is 3. The standard InChI is InChI=1S/C29H47NO2/c1-7-20(18(2)3)9-8-19(4)23-10-11-24-22-17-27(30-32)26-16-21(31)12-14-29(26,6)25(22)13-15-28(23,24)5/h8-9,18-20,22-26,32H,7,10-17H2,1-6H3/b9-8+,30-27-/t19-,20-,22+,23-,24+,25+,26?,28-,29-/m1/s1. The first-order chi connectivity index (χ1) is 15.2. The lowest BCUT2D eigenvalue weighted by Gasteiger charge is -2.60. The van der Waals surface area contributed by atoms with Crippen molar-refractivity contribution in [2.75, 3.05) is 0 Å². The van der Waals surface area contributed by atoms with Gasteiger partial charge in [0.2, 0.25) is 0 Å². The number of fused-ring (bicyclic) bond motifs is 5. The highest BCUT2D eigenvalue weighted by molar-refractivity contribution is 5.93. The Hall–Kier alpha value is -1.12. The number of carbonyl (C=O) groups is 1. The minimum atomic E-state index is 0.134. The van der Waals surface area contributed by atoms with Crippen molar-refractivity contribution < 1.29 is 10.0 Å². The molecule has 0 spiro atoms. The van der Waals surface area contributed by atoms with Crippen LogP contribution in [0.4, 0.5) is 0 Å². The fraction of sp³-hybridized carbons (Fsp3) is 0.862. The predicted octanol–water partition coefficient (Wildman–Crippen LogP) is 7.53. The maximum absolute atomic E-state index is 12.3. The Kier molecular flexibility index (Phi) is 6.69. The topological polar surface area (TPSA) is 49.7 Å². The van der Waals surface area contributed by atoms with Crippen LogP contribution < -0.4 is 0 Å². The van der Waals surface area contributed by atoms with Gasteiger partial charge < -0.3 is 5.21 Å². The maximum Gasteiger partial charge on any atom is 0.133 e. The summed E-state index contributed by atoms with van der Waals surface area (Å²) in [5.41, 5.74) is 1.46. The molecule has 32 heavy (non-hydrogen) atoms. The second kappa shape index (κ2) is 8.91. The minimum Gasteiger partial charge on any atom is -0.411 e. The summed E-state index contributed by atoms with van der Waals surface area (Å²) >= 11 is 0. The first-order valence-electron chi connectivity index (χ1n) is 13.6. The molecule has 4 saturated carbocycles. The fourth-order valence-electron chi connectivity index (χ4n) is 9.16. The Morgan fingerprint density at radius 3 is 2.41 bits per heavy atom. The van der Waals surface area contributed by atoms with Gasteiger partial charge in [-0.05, 0) is 97.2 Å². The van der Waals surface area contributed by atoms with Gasteiger partial charge in [-0.15, -0.1) is 0 Å². The Bertz CT molecular complexity index is 769. The van der Waals surface area contributed by atoms with E-state index in [0.29, 0.717) is 47.2 Å². The molecular formula is C29H47NO2. The molecule has 0 heterocycles. The highest BCUT2D eigenvalue weighted by atomic mass is 16.4. The van der Waals surface area contributed by atoms with Crippen LogP contribution in [0.3, 0.4) is 0 Å². The average molecular weight is 442 g/mol. The summed E-state index contributed by atoms with van der Waals surface area (Å²) in [5.74, 6) is 5.32. The lowest BCUT2D eigenvalue weighted by atomic mass is 9.44. The van der Waals surface area contributed by atoms with Gasteiger partial charge in [-0.2, -0.15) is 0 Å². The summed E-state index contributed by atoms with van der Waals surface area (Å²) in [4.78, 5) is 12.3. The number of rotatable bonds is 5. The first-order valence-corrected chi connectivity index (χ1v) is 13.6. The lowest BCUT2D eigenvalue weighted by Crippen LogP contribution is -2.56. The molecule has 0 aliphatic heterocycles. The van der Waals surface area contributed by atoms with Gasteiger partial charge in [-0.1, -0.05) is 58.9 Å². The third-order valence-electron chi connectivity index (χ3n) is 11.1. The molecule has 3 nitrogen and oxygen atoms in total. The van der Waals surface area contributed by atoms with Crippen molar-refractivity contribution in [3.63, 3.8) is 0 Å². The lowest BCUT2D eigenvalue weighted by molar-refractivity contribution is -0.130. The number of carbonyl (C=O) groups excluding carboxylic acids is 1. The van der Waals surface area contributed by atoms with Crippen LogP contribution in [0.15, 0.2) is 17.3 Å². The molecule has 0 aromatic heterocycles. The molecular weight excluding hydrogens is 394 g/mol. The molecule has 1 N–H and O–H groups in total. The molecule has 0 bridgehead atoms. The summed E-state index contributed by atoms with van der Waals surface area (Å²) in [6, 6.07) is 0. The van der Waals surface area contributed by atoms with E-state index >= 15 is 0 Å². The molecule has 0 aromatic rings. The second-order valence-corrected chi connectivity index (χ2v) is 12.8. The van der Waals surface area contributed by atoms with Crippen molar-refractivity contribution in [1.29, 1.82) is 0 Å². The normalized spacial score (nSPS) is 45.0. The third kappa shape index (κ3) is 3.80. The third-order valence-corrected chi connectivity index (χ3v) is 11.1. The fourth-order valence-corrected chi connectivity index (χ4v) is 9.16. The van der Waals surface area contributed by atoms with Gasteiger partial charge in [0.1, 0.15) is 5.78 Å². The van der Waals surface area contributed by atoms with Crippen LogP contribution in [0, 0.1) is 58.2 Å². The largest absolute Gasteiger partial charge is 0.411 e. The van der Waals surface area contributed by atoms with Crippen molar-refractivity contribution in [2.24, 2.45) is 63.3 Å². The van der Waals surface area contributed by atoms with Crippen molar-refractivity contribution >= 4 is 11.5 Å². The highest BCUT2D eigenvalue weighted by Crippen LogP contribution is 2.67. The van der Waals surface area contributed by atoms with E-state index in [4.69, 9.17) is 0 Å². The summed E-state index contributed by atoms with van der Waals surface area (Å²) in [5, 5.41) is 13.7. The Labute approximate surface area is 196 Å². The molecule has 4 fully saturated rings. The maximum atomic E-state index is 12.3. The summed E-state index contributed by atoms with van der Waals surface area (Å²) in [6.45, 7) is 14.5. The SMILES string of the molecule is CC[C@H](/C=C/[C@@H](C)[C@H]1CC[C@H]2[C@@H]3C/C(=N/O)C4CC(=O)CC[C@]4(C)[C@H]3CC[C@]12C)C(C)C. The minimum absolute atomic E-state index is 0.134. The summed E-state index contributed by atoms with van der Waals surface area (Å²) in [7, 11) is 0. The van der Waals surface area contributed by atoms with Gasteiger partial charge >= 0.3 is 0 Å². The number of Topliss-reactive ketones (excluding diaryl/α,β-unsaturated/α-hetero) is 1. The van der Waals surface area contributed by atoms with E-state index in [1.54, 1.807) is 0 Å². The van der Waals surface area contributed by atoms with Crippen LogP contribution in [0.25, 0.3) is 0 Å². The Balaban J connectivity index is 1.57. The summed E-state index contributed by atoms with van der Waals surface area (Å²) in [6.07, 6.45) is 14.8. The van der Waals surface area contributed by atoms with Crippen LogP contribution >= 0.6 is 0 Å². The molecule has 9 atom stereocenters. The van der Waals surface area contributed by atoms with E-state index in [1.165, 1.54) is 32.1 Å². The zero-order valence-electron chi connectivity index (χ0n) is 21.4. The Morgan fingerprint density at radius 1 is 1.03 bits per heavy atom. The quantitative estimate of drug-likeness (QED) is 0.272. The van der Waals surface area contributed by atoms with E-state index in [2.05, 4.69) is 58.9 Å². The predicted molar refractivity (Wildman–Crippen MR) is 132 cm³/mol. The second-order valence-electron chi connectivity index (χ2n) is 12.8. The average Bonchev–Trinajstić information content (AvgIpc) is 3.11. The number of hydrogen-bond donors (Lipinski definition) is 1. The summed E-state index contributed by atoms with van der Waals surface area (Å²) < 4.78 is 0. The number of allylic oxidation sites excluding steroid dienone is 2. The molecule has 0 radical (unpaired) electrons. The molecule has 0 amide bonds. The molecule has 180 valence electrons. The van der Waals surface area contributed by atoms with Gasteiger partial charge in [0, 0.05) is 18.8 Å². The van der Waals surface area contributed by atoms with Crippen LogP contribution in [0.5, 0.6) is 0 Å². The van der Waals surface area contributed by atoms with Crippen LogP contribution in [-0.4, -0.2) is 16.7 Å². The van der Waals surface area contributed by atoms with Gasteiger partial charge in [0.15, 0.2) is 0 Å². The van der Waals surface area contributed by atoms with E-state index in [1.807, 2.05) is 0 Å². The van der Waals surface area contributed by atoms with Crippen molar-refractivity contribution in [3.05, 3.63) is 12.2 Å². The zero-order valence-corrected chi connectivity index (χ0v) is 21.4. The monoisotopic (exact) mass is 441 g/mol. The number of oxime groups is 1. The van der Waals surface area contributed by atoms with Gasteiger partial charge in [-0.3, -0.25) is 4.79 Å². The molecule has 4 aliphatic carbocycles. The molecule has 4 rings (SSSR count). The highest BCUT2D eigenvalue weighted by Gasteiger charge is 2.62. The molecule has 3 heteroatoms. The molecule has 1 unspecified atom stereocenters. The van der Waals surface area contributed by atoms with Gasteiger partial charge in [0.25, 0.3) is 0 Å². The van der Waals surface area contributed by atoms with E-state index in [9.17, 15) is 10.0 Å². The van der Waals surface area contributed by atoms with Gasteiger partial charge in [0.05, 0.1) is 5.71 Å². The first kappa shape index (κ1) is 24.0. The van der Waals surface area contributed by atoms with Crippen molar-refractivity contribution in [1.82, 2.24) is 0 Å². The van der Waals surface area contributed by atoms with Gasteiger partial charge in [-0.25, -0.2) is 0 Å². The molecule has 4 aliphatic rings. The van der Waals surface area contributed by atoms with Crippen LogP contribution in [0.2, 0.25) is 0 Å². The molecule has 0 saturated heterocycles. The van der Waals surface area contributed by atoms with E-state index in [-0.39, 0.29) is 11.3 Å². The van der Waals surface area contributed by atoms with E-state index < -0.39 is 0 Å². The zero-order chi connectivity index (χ0) is 23.3. The van der Waals surface area contributed by atoms with E-state index in [0.717, 1.165) is 36.8 Å². The van der Waals surface area contributed by atoms with Crippen molar-refractivity contribution in [2.45, 2.75) is 99.3 Å². The molecule has 0 aromatic carbocycles. The van der Waals surface area contributed by atoms with Crippen LogP contribution in [0.1, 0.15) is 99.3 Å². The Morgan fingerprint density at radius 2 is 1.75 bits per heavy atom. The van der Waals surface area contributed by atoms with Crippen molar-refractivity contribution in [3.8, 4) is 0 Å². The number of ketones is 1. The van der Waals surface area contributed by atoms with Crippen LogP contribution in [-0.2, 0) is 4.79 Å². The smallest absolute Gasteiger partial charge is 0.133 e. The number of nitrogens with zero attached hydrogens (tertiary/aromatic N) is 1.